The largest absolute Gasteiger partial charge is 0.497 e. The van der Waals surface area contributed by atoms with E-state index in [1.807, 2.05) is 41.1 Å². The average molecular weight is 480 g/mol. The first-order chi connectivity index (χ1) is 16.1. The molecule has 0 bridgehead atoms. The predicted octanol–water partition coefficient (Wildman–Crippen LogP) is 5.07. The lowest BCUT2D eigenvalue weighted by molar-refractivity contribution is 0.0953. The van der Waals surface area contributed by atoms with E-state index >= 15 is 0 Å². The van der Waals surface area contributed by atoms with Crippen LogP contribution in [0.1, 0.15) is 25.6 Å². The Bertz CT molecular complexity index is 1250. The molecule has 0 saturated heterocycles. The molecule has 0 fully saturated rings. The molecule has 2 amide bonds. The van der Waals surface area contributed by atoms with Crippen LogP contribution < -0.4 is 20.1 Å². The van der Waals surface area contributed by atoms with Gasteiger partial charge in [0, 0.05) is 29.1 Å². The summed E-state index contributed by atoms with van der Waals surface area (Å²) in [5, 5.41) is 9.91. The molecule has 7 nitrogen and oxygen atoms in total. The number of hydrogen-bond donors (Lipinski definition) is 2. The van der Waals surface area contributed by atoms with Gasteiger partial charge in [-0.1, -0.05) is 18.2 Å². The molecule has 4 rings (SSSR count). The number of amides is 2. The van der Waals surface area contributed by atoms with Gasteiger partial charge in [-0.25, -0.2) is 4.98 Å². The van der Waals surface area contributed by atoms with Gasteiger partial charge >= 0.3 is 0 Å². The van der Waals surface area contributed by atoms with Crippen molar-refractivity contribution in [3.8, 4) is 22.8 Å². The fourth-order valence-corrected chi connectivity index (χ4v) is 4.43. The van der Waals surface area contributed by atoms with Crippen molar-refractivity contribution in [3.05, 3.63) is 81.4 Å². The van der Waals surface area contributed by atoms with Crippen LogP contribution >= 0.6 is 22.7 Å². The van der Waals surface area contributed by atoms with Crippen molar-refractivity contribution in [3.63, 3.8) is 0 Å². The van der Waals surface area contributed by atoms with Gasteiger partial charge in [0.15, 0.2) is 5.13 Å². The molecular formula is C24H21N3O4S2. The number of hydrogen-bond acceptors (Lipinski definition) is 7. The Morgan fingerprint density at radius 1 is 0.970 bits per heavy atom. The summed E-state index contributed by atoms with van der Waals surface area (Å²) in [6, 6.07) is 16.2. The highest BCUT2D eigenvalue weighted by Gasteiger charge is 2.14. The first-order valence-electron chi connectivity index (χ1n) is 9.97. The number of carbonyl (C=O) groups is 2. The lowest BCUT2D eigenvalue weighted by atomic mass is 10.1. The predicted molar refractivity (Wildman–Crippen MR) is 131 cm³/mol. The molecular weight excluding hydrogens is 458 g/mol. The van der Waals surface area contributed by atoms with Crippen molar-refractivity contribution < 1.29 is 19.1 Å². The topological polar surface area (TPSA) is 89.6 Å². The first-order valence-corrected chi connectivity index (χ1v) is 11.7. The van der Waals surface area contributed by atoms with Gasteiger partial charge in [0.2, 0.25) is 0 Å². The van der Waals surface area contributed by atoms with Crippen LogP contribution in [0.5, 0.6) is 11.5 Å². The van der Waals surface area contributed by atoms with Gasteiger partial charge < -0.3 is 14.8 Å². The Kier molecular flexibility index (Phi) is 7.01. The van der Waals surface area contributed by atoms with E-state index < -0.39 is 0 Å². The number of thiazole rings is 1. The normalized spacial score (nSPS) is 10.5. The van der Waals surface area contributed by atoms with Crippen LogP contribution in [0.25, 0.3) is 11.3 Å². The summed E-state index contributed by atoms with van der Waals surface area (Å²) in [6.45, 7) is 0.387. The molecule has 0 aliphatic carbocycles. The molecule has 2 aromatic heterocycles. The third-order valence-corrected chi connectivity index (χ3v) is 6.45. The number of methoxy groups -OCH3 is 2. The summed E-state index contributed by atoms with van der Waals surface area (Å²) in [5.41, 5.74) is 2.91. The fourth-order valence-electron chi connectivity index (χ4n) is 3.09. The molecule has 33 heavy (non-hydrogen) atoms. The van der Waals surface area contributed by atoms with Crippen molar-refractivity contribution >= 4 is 39.6 Å². The zero-order chi connectivity index (χ0) is 23.2. The molecule has 0 aliphatic rings. The molecule has 0 radical (unpaired) electrons. The van der Waals surface area contributed by atoms with Gasteiger partial charge in [0.25, 0.3) is 11.8 Å². The van der Waals surface area contributed by atoms with Gasteiger partial charge in [-0.05, 0) is 41.3 Å². The zero-order valence-electron chi connectivity index (χ0n) is 18.0. The molecule has 2 aromatic carbocycles. The van der Waals surface area contributed by atoms with Crippen LogP contribution in [-0.4, -0.2) is 31.0 Å². The Balaban J connectivity index is 1.38. The SMILES string of the molecule is COc1ccc(-c2csc(NC(=O)c3ccc(CNC(=O)c4cccs4)cc3)n2)c(OC)c1. The standard InChI is InChI=1S/C24H21N3O4S2/c1-30-17-9-10-18(20(12-17)31-2)19-14-33-24(26-19)27-22(28)16-7-5-15(6-8-16)13-25-23(29)21-4-3-11-32-21/h3-12,14H,13H2,1-2H3,(H,25,29)(H,26,27,28). The lowest BCUT2D eigenvalue weighted by Crippen LogP contribution is -2.21. The van der Waals surface area contributed by atoms with Crippen LogP contribution in [0.4, 0.5) is 5.13 Å². The van der Waals surface area contributed by atoms with Crippen LogP contribution in [-0.2, 0) is 6.54 Å². The zero-order valence-corrected chi connectivity index (χ0v) is 19.6. The van der Waals surface area contributed by atoms with E-state index in [0.717, 1.165) is 11.1 Å². The number of nitrogens with zero attached hydrogens (tertiary/aromatic N) is 1. The molecule has 0 unspecified atom stereocenters. The second-order valence-corrected chi connectivity index (χ2v) is 8.72. The minimum atomic E-state index is -0.258. The Morgan fingerprint density at radius 2 is 1.79 bits per heavy atom. The number of aromatic nitrogens is 1. The Hall–Kier alpha value is -3.69. The van der Waals surface area contributed by atoms with Crippen LogP contribution in [0.3, 0.4) is 0 Å². The van der Waals surface area contributed by atoms with E-state index in [-0.39, 0.29) is 11.8 Å². The minimum absolute atomic E-state index is 0.111. The van der Waals surface area contributed by atoms with E-state index in [9.17, 15) is 9.59 Å². The maximum atomic E-state index is 12.6. The number of ether oxygens (including phenoxy) is 2. The summed E-state index contributed by atoms with van der Waals surface area (Å²) in [7, 11) is 3.18. The van der Waals surface area contributed by atoms with E-state index in [2.05, 4.69) is 15.6 Å². The molecule has 0 aliphatic heterocycles. The molecule has 9 heteroatoms. The molecule has 0 atom stereocenters. The fraction of sp³-hybridized carbons (Fsp3) is 0.125. The molecule has 0 saturated carbocycles. The molecule has 4 aromatic rings. The maximum Gasteiger partial charge on any atom is 0.261 e. The quantitative estimate of drug-likeness (QED) is 0.368. The number of anilines is 1. The number of rotatable bonds is 8. The monoisotopic (exact) mass is 479 g/mol. The van der Waals surface area contributed by atoms with Crippen molar-refractivity contribution in [2.45, 2.75) is 6.54 Å². The molecule has 0 spiro atoms. The van der Waals surface area contributed by atoms with Crippen molar-refractivity contribution in [1.29, 1.82) is 0 Å². The highest BCUT2D eigenvalue weighted by Crippen LogP contribution is 2.34. The highest BCUT2D eigenvalue weighted by atomic mass is 32.1. The van der Waals surface area contributed by atoms with E-state index in [1.54, 1.807) is 38.5 Å². The third-order valence-electron chi connectivity index (χ3n) is 4.82. The van der Waals surface area contributed by atoms with Crippen LogP contribution in [0.2, 0.25) is 0 Å². The minimum Gasteiger partial charge on any atom is -0.497 e. The van der Waals surface area contributed by atoms with Gasteiger partial charge in [0.05, 0.1) is 24.8 Å². The second-order valence-electron chi connectivity index (χ2n) is 6.92. The molecule has 2 N–H and O–H groups in total. The van der Waals surface area contributed by atoms with Crippen molar-refractivity contribution in [1.82, 2.24) is 10.3 Å². The van der Waals surface area contributed by atoms with Gasteiger partial charge in [-0.3, -0.25) is 14.9 Å². The number of nitrogens with one attached hydrogen (secondary N) is 2. The third kappa shape index (κ3) is 5.39. The van der Waals surface area contributed by atoms with Crippen LogP contribution in [0.15, 0.2) is 65.4 Å². The summed E-state index contributed by atoms with van der Waals surface area (Å²) < 4.78 is 10.7. The molecule has 2 heterocycles. The summed E-state index contributed by atoms with van der Waals surface area (Å²) in [4.78, 5) is 29.9. The maximum absolute atomic E-state index is 12.6. The summed E-state index contributed by atoms with van der Waals surface area (Å²) in [5.74, 6) is 0.958. The average Bonchev–Trinajstić information content (AvgIpc) is 3.55. The number of carbonyl (C=O) groups excluding carboxylic acids is 2. The van der Waals surface area contributed by atoms with E-state index in [0.29, 0.717) is 39.3 Å². The molecule has 168 valence electrons. The Labute approximate surface area is 199 Å². The summed E-state index contributed by atoms with van der Waals surface area (Å²) in [6.07, 6.45) is 0. The summed E-state index contributed by atoms with van der Waals surface area (Å²) >= 11 is 2.73. The first kappa shape index (κ1) is 22.5. The number of thiophene rings is 1. The van der Waals surface area contributed by atoms with E-state index in [4.69, 9.17) is 9.47 Å². The van der Waals surface area contributed by atoms with Gasteiger partial charge in [-0.15, -0.1) is 22.7 Å². The van der Waals surface area contributed by atoms with Crippen molar-refractivity contribution in [2.75, 3.05) is 19.5 Å². The van der Waals surface area contributed by atoms with Gasteiger partial charge in [-0.2, -0.15) is 0 Å². The van der Waals surface area contributed by atoms with Crippen molar-refractivity contribution in [2.24, 2.45) is 0 Å². The highest BCUT2D eigenvalue weighted by molar-refractivity contribution is 7.14. The smallest absolute Gasteiger partial charge is 0.261 e. The van der Waals surface area contributed by atoms with Crippen LogP contribution in [0, 0.1) is 0 Å². The second kappa shape index (κ2) is 10.3. The number of benzene rings is 2. The lowest BCUT2D eigenvalue weighted by Gasteiger charge is -2.08. The van der Waals surface area contributed by atoms with E-state index in [1.165, 1.54) is 22.7 Å². The Morgan fingerprint density at radius 3 is 2.48 bits per heavy atom. The van der Waals surface area contributed by atoms with Gasteiger partial charge in [0.1, 0.15) is 11.5 Å².